The summed E-state index contributed by atoms with van der Waals surface area (Å²) in [6.45, 7) is 10.9. The molecule has 2 amide bonds. The third-order valence-corrected chi connectivity index (χ3v) is 6.79. The maximum atomic E-state index is 13.2. The van der Waals surface area contributed by atoms with Crippen molar-refractivity contribution in [2.75, 3.05) is 44.9 Å². The molecule has 0 saturated heterocycles. The molecule has 0 fully saturated rings. The first-order valence-electron chi connectivity index (χ1n) is 14.0. The van der Waals surface area contributed by atoms with Gasteiger partial charge in [-0.15, -0.1) is 0 Å². The van der Waals surface area contributed by atoms with Crippen LogP contribution in [0.3, 0.4) is 0 Å². The smallest absolute Gasteiger partial charge is 0.251 e. The summed E-state index contributed by atoms with van der Waals surface area (Å²) in [5.74, 6) is 1.21. The summed E-state index contributed by atoms with van der Waals surface area (Å²) in [6.07, 6.45) is 5.71. The van der Waals surface area contributed by atoms with E-state index in [9.17, 15) is 9.59 Å². The van der Waals surface area contributed by atoms with Crippen LogP contribution in [0.15, 0.2) is 42.5 Å². The second-order valence-electron chi connectivity index (χ2n) is 10.6. The van der Waals surface area contributed by atoms with Gasteiger partial charge in [-0.05, 0) is 66.8 Å². The summed E-state index contributed by atoms with van der Waals surface area (Å²) >= 11 is 0. The van der Waals surface area contributed by atoms with Crippen molar-refractivity contribution in [1.29, 1.82) is 0 Å². The van der Waals surface area contributed by atoms with Crippen molar-refractivity contribution in [3.63, 3.8) is 0 Å². The number of carbonyl (C=O) groups excluding carboxylic acids is 2. The number of anilines is 1. The number of carbonyl (C=O) groups is 2. The Morgan fingerprint density at radius 2 is 1.74 bits per heavy atom. The minimum absolute atomic E-state index is 0.0449. The van der Waals surface area contributed by atoms with E-state index in [-0.39, 0.29) is 11.8 Å². The molecule has 0 spiro atoms. The normalized spacial score (nSPS) is 15.3. The number of methoxy groups -OCH3 is 1. The van der Waals surface area contributed by atoms with E-state index in [4.69, 9.17) is 9.47 Å². The molecular formula is C31H45N3O4. The fraction of sp³-hybridized carbons (Fsp3) is 0.548. The lowest BCUT2D eigenvalue weighted by molar-refractivity contribution is -0.116. The van der Waals surface area contributed by atoms with Crippen molar-refractivity contribution < 1.29 is 19.1 Å². The number of nitrogens with one attached hydrogen (secondary N) is 1. The summed E-state index contributed by atoms with van der Waals surface area (Å²) in [5, 5.41) is 3.05. The van der Waals surface area contributed by atoms with Crippen molar-refractivity contribution in [3.8, 4) is 5.75 Å². The van der Waals surface area contributed by atoms with Gasteiger partial charge in [0.25, 0.3) is 5.91 Å². The van der Waals surface area contributed by atoms with Gasteiger partial charge >= 0.3 is 0 Å². The molecule has 1 heterocycles. The molecule has 1 N–H and O–H groups in total. The quantitative estimate of drug-likeness (QED) is 0.445. The Labute approximate surface area is 228 Å². The van der Waals surface area contributed by atoms with E-state index >= 15 is 0 Å². The van der Waals surface area contributed by atoms with Gasteiger partial charge in [0.2, 0.25) is 5.91 Å². The third kappa shape index (κ3) is 9.44. The minimum atomic E-state index is -0.130. The van der Waals surface area contributed by atoms with Crippen LogP contribution in [0.5, 0.6) is 5.75 Å². The highest BCUT2D eigenvalue weighted by Gasteiger charge is 2.20. The predicted molar refractivity (Wildman–Crippen MR) is 153 cm³/mol. The molecule has 0 atom stereocenters. The molecule has 1 aliphatic rings. The molecule has 208 valence electrons. The number of nitrogens with zero attached hydrogens (tertiary/aromatic N) is 2. The standard InChI is InChI=1S/C31H45N3O4/c1-24(2)22-33-15-8-6-5-7-9-16-34(25(3)35)30-14-13-27(20-28(30)23-33)31(36)32-21-26-11-10-12-29(19-26)38-18-17-37-4/h10-14,19-20,24H,5-9,15-18,21-23H2,1-4H3,(H,32,36). The first kappa shape index (κ1) is 29.7. The van der Waals surface area contributed by atoms with Gasteiger partial charge in [-0.3, -0.25) is 14.5 Å². The number of hydrogen-bond acceptors (Lipinski definition) is 5. The molecule has 7 heteroatoms. The number of ether oxygens (including phenoxy) is 2. The van der Waals surface area contributed by atoms with E-state index in [1.165, 1.54) is 19.3 Å². The Kier molecular flexibility index (Phi) is 12.1. The van der Waals surface area contributed by atoms with E-state index < -0.39 is 0 Å². The van der Waals surface area contributed by atoms with Gasteiger partial charge in [0.15, 0.2) is 0 Å². The lowest BCUT2D eigenvalue weighted by Gasteiger charge is -2.30. The zero-order valence-electron chi connectivity index (χ0n) is 23.6. The van der Waals surface area contributed by atoms with Crippen LogP contribution in [0.4, 0.5) is 5.69 Å². The van der Waals surface area contributed by atoms with Crippen molar-refractivity contribution in [2.45, 2.75) is 66.0 Å². The Balaban J connectivity index is 1.80. The van der Waals surface area contributed by atoms with Gasteiger partial charge in [0, 0.05) is 51.5 Å². The van der Waals surface area contributed by atoms with Gasteiger partial charge < -0.3 is 19.7 Å². The maximum Gasteiger partial charge on any atom is 0.251 e. The van der Waals surface area contributed by atoms with Crippen LogP contribution in [-0.4, -0.2) is 56.7 Å². The number of hydrogen-bond donors (Lipinski definition) is 1. The predicted octanol–water partition coefficient (Wildman–Crippen LogP) is 5.42. The first-order chi connectivity index (χ1) is 18.4. The molecular weight excluding hydrogens is 478 g/mol. The fourth-order valence-corrected chi connectivity index (χ4v) is 4.96. The Morgan fingerprint density at radius 3 is 2.47 bits per heavy atom. The van der Waals surface area contributed by atoms with E-state index in [1.54, 1.807) is 14.0 Å². The lowest BCUT2D eigenvalue weighted by atomic mass is 10.0. The van der Waals surface area contributed by atoms with Crippen molar-refractivity contribution in [2.24, 2.45) is 5.92 Å². The van der Waals surface area contributed by atoms with Crippen LogP contribution in [0, 0.1) is 5.92 Å². The highest BCUT2D eigenvalue weighted by Crippen LogP contribution is 2.26. The van der Waals surface area contributed by atoms with Crippen LogP contribution in [0.2, 0.25) is 0 Å². The first-order valence-corrected chi connectivity index (χ1v) is 14.0. The van der Waals surface area contributed by atoms with Crippen LogP contribution in [-0.2, 0) is 22.6 Å². The van der Waals surface area contributed by atoms with Gasteiger partial charge in [-0.25, -0.2) is 0 Å². The molecule has 0 saturated carbocycles. The molecule has 0 bridgehead atoms. The van der Waals surface area contributed by atoms with Gasteiger partial charge in [0.1, 0.15) is 12.4 Å². The van der Waals surface area contributed by atoms with Gasteiger partial charge in [0.05, 0.1) is 6.61 Å². The molecule has 1 aliphatic heterocycles. The number of rotatable bonds is 9. The topological polar surface area (TPSA) is 71.1 Å². The van der Waals surface area contributed by atoms with Crippen molar-refractivity contribution in [3.05, 3.63) is 59.2 Å². The number of fused-ring (bicyclic) bond motifs is 1. The highest BCUT2D eigenvalue weighted by molar-refractivity contribution is 5.97. The van der Waals surface area contributed by atoms with Crippen LogP contribution in [0.1, 0.15) is 74.4 Å². The molecule has 3 rings (SSSR count). The fourth-order valence-electron chi connectivity index (χ4n) is 4.96. The Hall–Kier alpha value is -2.90. The van der Waals surface area contributed by atoms with Crippen LogP contribution in [0.25, 0.3) is 0 Å². The molecule has 2 aromatic carbocycles. The molecule has 2 aromatic rings. The van der Waals surface area contributed by atoms with E-state index in [1.807, 2.05) is 47.4 Å². The summed E-state index contributed by atoms with van der Waals surface area (Å²) in [4.78, 5) is 30.2. The Morgan fingerprint density at radius 1 is 0.974 bits per heavy atom. The summed E-state index contributed by atoms with van der Waals surface area (Å²) in [7, 11) is 1.64. The van der Waals surface area contributed by atoms with E-state index in [2.05, 4.69) is 24.1 Å². The Bertz CT molecular complexity index is 1040. The van der Waals surface area contributed by atoms with E-state index in [0.717, 1.165) is 55.0 Å². The highest BCUT2D eigenvalue weighted by atomic mass is 16.5. The monoisotopic (exact) mass is 523 g/mol. The zero-order valence-corrected chi connectivity index (χ0v) is 23.6. The minimum Gasteiger partial charge on any atom is -0.491 e. The van der Waals surface area contributed by atoms with Crippen molar-refractivity contribution >= 4 is 17.5 Å². The van der Waals surface area contributed by atoms with Gasteiger partial charge in [-0.2, -0.15) is 0 Å². The van der Waals surface area contributed by atoms with Crippen LogP contribution < -0.4 is 15.0 Å². The van der Waals surface area contributed by atoms with Crippen LogP contribution >= 0.6 is 0 Å². The SMILES string of the molecule is COCCOc1cccc(CNC(=O)c2ccc3c(c2)CN(CC(C)C)CCCCCCCN3C(C)=O)c1. The largest absolute Gasteiger partial charge is 0.491 e. The average molecular weight is 524 g/mol. The summed E-state index contributed by atoms with van der Waals surface area (Å²) < 4.78 is 10.7. The summed E-state index contributed by atoms with van der Waals surface area (Å²) in [5.41, 5.74) is 3.52. The molecule has 0 aromatic heterocycles. The number of benzene rings is 2. The third-order valence-electron chi connectivity index (χ3n) is 6.79. The van der Waals surface area contributed by atoms with Gasteiger partial charge in [-0.1, -0.05) is 45.2 Å². The molecule has 0 unspecified atom stereocenters. The van der Waals surface area contributed by atoms with E-state index in [0.29, 0.717) is 37.8 Å². The summed E-state index contributed by atoms with van der Waals surface area (Å²) in [6, 6.07) is 13.5. The average Bonchev–Trinajstić information content (AvgIpc) is 2.88. The molecule has 0 aliphatic carbocycles. The maximum absolute atomic E-state index is 13.2. The second kappa shape index (κ2) is 15.5. The second-order valence-corrected chi connectivity index (χ2v) is 10.6. The van der Waals surface area contributed by atoms with Crippen molar-refractivity contribution in [1.82, 2.24) is 10.2 Å². The molecule has 0 radical (unpaired) electrons. The molecule has 38 heavy (non-hydrogen) atoms. The lowest BCUT2D eigenvalue weighted by Crippen LogP contribution is -2.34. The zero-order chi connectivity index (χ0) is 27.3. The number of amides is 2. The molecule has 7 nitrogen and oxygen atoms in total.